The predicted molar refractivity (Wildman–Crippen MR) is 137 cm³/mol. The number of halogens is 4. The van der Waals surface area contributed by atoms with E-state index in [1.165, 1.54) is 31.7 Å². The van der Waals surface area contributed by atoms with Crippen LogP contribution in [-0.2, 0) is 16.0 Å². The highest BCUT2D eigenvalue weighted by molar-refractivity contribution is 7.91. The molecule has 0 fully saturated rings. The van der Waals surface area contributed by atoms with Crippen LogP contribution in [0.1, 0.15) is 12.0 Å². The van der Waals surface area contributed by atoms with Gasteiger partial charge < -0.3 is 14.5 Å². The lowest BCUT2D eigenvalue weighted by Crippen LogP contribution is -2.13. The van der Waals surface area contributed by atoms with Crippen molar-refractivity contribution in [3.63, 3.8) is 0 Å². The van der Waals surface area contributed by atoms with E-state index in [9.17, 15) is 26.0 Å². The first kappa shape index (κ1) is 27.1. The normalized spacial score (nSPS) is 12.1. The smallest absolute Gasteiger partial charge is 0.416 e. The van der Waals surface area contributed by atoms with Crippen LogP contribution in [0.15, 0.2) is 76.5 Å². The summed E-state index contributed by atoms with van der Waals surface area (Å²) in [4.78, 5) is 13.0. The van der Waals surface area contributed by atoms with E-state index in [2.05, 4.69) is 20.3 Å². The summed E-state index contributed by atoms with van der Waals surface area (Å²) >= 11 is 0. The molecule has 9 nitrogen and oxygen atoms in total. The van der Waals surface area contributed by atoms with Gasteiger partial charge in [0.25, 0.3) is 0 Å². The Bertz CT molecular complexity index is 1770. The number of sulfone groups is 1. The molecule has 3 heterocycles. The third-order valence-corrected chi connectivity index (χ3v) is 7.82. The summed E-state index contributed by atoms with van der Waals surface area (Å²) in [6.45, 7) is 0.179. The first-order valence-corrected chi connectivity index (χ1v) is 13.5. The Balaban J connectivity index is 1.32. The molecular weight excluding hydrogens is 554 g/mol. The number of aromatic nitrogens is 4. The number of rotatable bonds is 9. The molecule has 208 valence electrons. The second-order valence-electron chi connectivity index (χ2n) is 8.60. The van der Waals surface area contributed by atoms with Crippen LogP contribution < -0.4 is 10.1 Å². The van der Waals surface area contributed by atoms with E-state index in [0.717, 1.165) is 24.3 Å². The maximum absolute atomic E-state index is 14.0. The standard InChI is InChI=1S/C26H21F4N5O4S/c1-38-21-15-16(3-8-19(21)27)22-23(35-12-13-39-25(35)34-22)20-9-11-32-24(33-20)31-10-2-14-40(36,37)18-6-4-17(5-7-18)26(28,29)30/h3-9,11-13,15H,2,10,14H2,1H3,(H,31,32,33). The minimum absolute atomic E-state index is 0.0457. The molecule has 0 aliphatic rings. The molecule has 2 aromatic carbocycles. The molecule has 14 heteroatoms. The number of benzene rings is 2. The first-order valence-electron chi connectivity index (χ1n) is 11.8. The number of oxazole rings is 1. The summed E-state index contributed by atoms with van der Waals surface area (Å²) in [5.74, 6) is -0.269. The maximum atomic E-state index is 14.0. The van der Waals surface area contributed by atoms with Gasteiger partial charge in [-0.25, -0.2) is 22.8 Å². The zero-order valence-corrected chi connectivity index (χ0v) is 21.6. The third-order valence-electron chi connectivity index (χ3n) is 6.00. The lowest BCUT2D eigenvalue weighted by Gasteiger charge is -2.10. The Morgan fingerprint density at radius 2 is 1.85 bits per heavy atom. The zero-order chi connectivity index (χ0) is 28.5. The van der Waals surface area contributed by atoms with E-state index >= 15 is 0 Å². The zero-order valence-electron chi connectivity index (χ0n) is 20.8. The largest absolute Gasteiger partial charge is 0.494 e. The van der Waals surface area contributed by atoms with E-state index in [4.69, 9.17) is 9.15 Å². The van der Waals surface area contributed by atoms with Gasteiger partial charge in [-0.2, -0.15) is 18.2 Å². The minimum atomic E-state index is -4.55. The number of fused-ring (bicyclic) bond motifs is 1. The van der Waals surface area contributed by atoms with Crippen molar-refractivity contribution >= 4 is 21.6 Å². The van der Waals surface area contributed by atoms with E-state index in [0.29, 0.717) is 22.6 Å². The van der Waals surface area contributed by atoms with Gasteiger partial charge in [0.2, 0.25) is 5.95 Å². The molecule has 0 spiro atoms. The number of alkyl halides is 3. The van der Waals surface area contributed by atoms with Gasteiger partial charge in [-0.3, -0.25) is 4.40 Å². The van der Waals surface area contributed by atoms with Crippen molar-refractivity contribution in [1.82, 2.24) is 19.4 Å². The molecule has 0 saturated carbocycles. The van der Waals surface area contributed by atoms with Crippen LogP contribution in [0.5, 0.6) is 5.75 Å². The second-order valence-corrected chi connectivity index (χ2v) is 10.7. The van der Waals surface area contributed by atoms with Crippen LogP contribution in [0.2, 0.25) is 0 Å². The molecule has 40 heavy (non-hydrogen) atoms. The van der Waals surface area contributed by atoms with Gasteiger partial charge in [0, 0.05) is 24.5 Å². The van der Waals surface area contributed by atoms with Crippen molar-refractivity contribution in [2.75, 3.05) is 24.7 Å². The fraction of sp³-hybridized carbons (Fsp3) is 0.192. The lowest BCUT2D eigenvalue weighted by molar-refractivity contribution is -0.137. The highest BCUT2D eigenvalue weighted by atomic mass is 32.2. The predicted octanol–water partition coefficient (Wildman–Crippen LogP) is 5.49. The Morgan fingerprint density at radius 1 is 1.07 bits per heavy atom. The highest BCUT2D eigenvalue weighted by Crippen LogP contribution is 2.35. The van der Waals surface area contributed by atoms with Crippen molar-refractivity contribution < 1.29 is 35.1 Å². The van der Waals surface area contributed by atoms with Crippen molar-refractivity contribution in [2.45, 2.75) is 17.5 Å². The summed E-state index contributed by atoms with van der Waals surface area (Å²) < 4.78 is 89.6. The monoisotopic (exact) mass is 575 g/mol. The Labute approximate surface area is 225 Å². The van der Waals surface area contributed by atoms with Crippen molar-refractivity contribution in [3.8, 4) is 28.4 Å². The number of hydrogen-bond acceptors (Lipinski definition) is 8. The van der Waals surface area contributed by atoms with Crippen LogP contribution in [0, 0.1) is 5.82 Å². The number of nitrogens with one attached hydrogen (secondary N) is 1. The lowest BCUT2D eigenvalue weighted by atomic mass is 10.1. The van der Waals surface area contributed by atoms with E-state index in [-0.39, 0.29) is 41.2 Å². The quantitative estimate of drug-likeness (QED) is 0.181. The third kappa shape index (κ3) is 5.47. The first-order chi connectivity index (χ1) is 19.1. The molecule has 0 radical (unpaired) electrons. The number of ether oxygens (including phenoxy) is 1. The van der Waals surface area contributed by atoms with Crippen LogP contribution in [0.4, 0.5) is 23.5 Å². The van der Waals surface area contributed by atoms with Crippen molar-refractivity contribution in [1.29, 1.82) is 0 Å². The van der Waals surface area contributed by atoms with Crippen molar-refractivity contribution in [3.05, 3.63) is 78.6 Å². The van der Waals surface area contributed by atoms with Crippen LogP contribution in [-0.4, -0.2) is 47.2 Å². The summed E-state index contributed by atoms with van der Waals surface area (Å²) in [5, 5.41) is 2.97. The molecule has 0 aliphatic heterocycles. The van der Waals surface area contributed by atoms with Crippen molar-refractivity contribution in [2.24, 2.45) is 0 Å². The topological polar surface area (TPSA) is 112 Å². The molecule has 0 bridgehead atoms. The Kier molecular flexibility index (Phi) is 7.19. The van der Waals surface area contributed by atoms with Crippen LogP contribution in [0.3, 0.4) is 0 Å². The molecule has 0 atom stereocenters. The second kappa shape index (κ2) is 10.6. The van der Waals surface area contributed by atoms with Crippen LogP contribution >= 0.6 is 0 Å². The maximum Gasteiger partial charge on any atom is 0.416 e. The molecule has 3 aromatic heterocycles. The highest BCUT2D eigenvalue weighted by Gasteiger charge is 2.30. The van der Waals surface area contributed by atoms with Gasteiger partial charge in [-0.1, -0.05) is 0 Å². The average molecular weight is 576 g/mol. The molecule has 5 aromatic rings. The molecule has 1 N–H and O–H groups in total. The molecule has 5 rings (SSSR count). The molecule has 0 amide bonds. The average Bonchev–Trinajstić information content (AvgIpc) is 3.53. The molecule has 0 saturated heterocycles. The molecule has 0 unspecified atom stereocenters. The summed E-state index contributed by atoms with van der Waals surface area (Å²) in [7, 11) is -2.43. The SMILES string of the molecule is COc1cc(-c2nc3occn3c2-c2ccnc(NCCCS(=O)(=O)c3ccc(C(F)(F)F)cc3)n2)ccc1F. The Morgan fingerprint density at radius 3 is 2.58 bits per heavy atom. The van der Waals surface area contributed by atoms with E-state index in [1.807, 2.05) is 0 Å². The summed E-state index contributed by atoms with van der Waals surface area (Å²) in [5.41, 5.74) is 1.12. The van der Waals surface area contributed by atoms with Gasteiger partial charge in [0.05, 0.1) is 29.0 Å². The fourth-order valence-corrected chi connectivity index (χ4v) is 5.36. The van der Waals surface area contributed by atoms with Gasteiger partial charge in [-0.05, 0) is 55.0 Å². The number of hydrogen-bond donors (Lipinski definition) is 1. The Hall–Kier alpha value is -4.46. The number of nitrogens with zero attached hydrogens (tertiary/aromatic N) is 4. The van der Waals surface area contributed by atoms with Crippen LogP contribution in [0.25, 0.3) is 28.5 Å². The summed E-state index contributed by atoms with van der Waals surface area (Å²) in [6, 6.07) is 9.38. The summed E-state index contributed by atoms with van der Waals surface area (Å²) in [6.07, 6.45) is 0.226. The number of imidazole rings is 1. The van der Waals surface area contributed by atoms with Gasteiger partial charge in [0.15, 0.2) is 21.4 Å². The van der Waals surface area contributed by atoms with E-state index < -0.39 is 27.4 Å². The number of methoxy groups -OCH3 is 1. The van der Waals surface area contributed by atoms with Gasteiger partial charge in [0.1, 0.15) is 17.7 Å². The molecule has 0 aliphatic carbocycles. The minimum Gasteiger partial charge on any atom is -0.494 e. The number of anilines is 1. The van der Waals surface area contributed by atoms with Gasteiger partial charge in [-0.15, -0.1) is 0 Å². The molecular formula is C26H21F4N5O4S. The van der Waals surface area contributed by atoms with E-state index in [1.54, 1.807) is 22.7 Å². The fourth-order valence-electron chi connectivity index (χ4n) is 4.05. The van der Waals surface area contributed by atoms with Gasteiger partial charge >= 0.3 is 12.0 Å².